The molecule has 1 aliphatic heterocycles. The maximum absolute atomic E-state index is 13.3. The molecular weight excluding hydrogens is 562 g/mol. The first-order valence-corrected chi connectivity index (χ1v) is 13.3. The number of amides is 3. The number of hydrogen-bond donors (Lipinski definition) is 1. The first kappa shape index (κ1) is 29.2. The molecule has 37 heavy (non-hydrogen) atoms. The highest BCUT2D eigenvalue weighted by atomic mass is 35.5. The predicted octanol–water partition coefficient (Wildman–Crippen LogP) is 6.62. The Bertz CT molecular complexity index is 1210. The molecule has 1 N–H and O–H groups in total. The fourth-order valence-electron chi connectivity index (χ4n) is 4.21. The summed E-state index contributed by atoms with van der Waals surface area (Å²) in [4.78, 5) is 53.1. The smallest absolute Gasteiger partial charge is 0.329 e. The highest BCUT2D eigenvalue weighted by Gasteiger charge is 2.47. The zero-order valence-electron chi connectivity index (χ0n) is 20.7. The van der Waals surface area contributed by atoms with Gasteiger partial charge in [-0.15, -0.1) is 0 Å². The van der Waals surface area contributed by atoms with Gasteiger partial charge in [-0.25, -0.2) is 4.79 Å². The van der Waals surface area contributed by atoms with Crippen molar-refractivity contribution >= 4 is 75.8 Å². The summed E-state index contributed by atoms with van der Waals surface area (Å²) in [6, 6.07) is 4.43. The van der Waals surface area contributed by atoms with Crippen LogP contribution in [0.15, 0.2) is 18.2 Å². The van der Waals surface area contributed by atoms with Crippen LogP contribution in [0, 0.1) is 5.92 Å². The van der Waals surface area contributed by atoms with Crippen LogP contribution in [-0.4, -0.2) is 41.2 Å². The average molecular weight is 588 g/mol. The standard InChI is InChI=1S/C26H26Cl4N2O5/c1-5-13-8-7-9-14(6-2)23(13)31-16(33)11-37-26(36)15(10-12(3)4)32-24(34)17-18(25(32)35)20(28)22(30)21(29)19(17)27/h7-9,12,15H,5-6,10-11H2,1-4H3,(H,31,33)/t15-/m1/s1. The molecule has 0 saturated carbocycles. The van der Waals surface area contributed by atoms with Crippen LogP contribution in [0.25, 0.3) is 0 Å². The number of fused-ring (bicyclic) bond motifs is 1. The van der Waals surface area contributed by atoms with E-state index in [0.717, 1.165) is 16.0 Å². The van der Waals surface area contributed by atoms with Gasteiger partial charge in [0, 0.05) is 5.69 Å². The Labute approximate surface area is 235 Å². The number of nitrogens with zero attached hydrogens (tertiary/aromatic N) is 1. The molecule has 11 heteroatoms. The number of anilines is 1. The summed E-state index contributed by atoms with van der Waals surface area (Å²) < 4.78 is 5.29. The van der Waals surface area contributed by atoms with E-state index in [9.17, 15) is 19.2 Å². The van der Waals surface area contributed by atoms with E-state index in [2.05, 4.69) is 5.32 Å². The normalized spacial score (nSPS) is 13.7. The molecule has 198 valence electrons. The van der Waals surface area contributed by atoms with Gasteiger partial charge >= 0.3 is 5.97 Å². The molecule has 3 rings (SSSR count). The van der Waals surface area contributed by atoms with E-state index in [4.69, 9.17) is 51.1 Å². The van der Waals surface area contributed by atoms with Gasteiger partial charge in [-0.05, 0) is 36.3 Å². The predicted molar refractivity (Wildman–Crippen MR) is 145 cm³/mol. The molecule has 7 nitrogen and oxygen atoms in total. The van der Waals surface area contributed by atoms with Crippen LogP contribution in [-0.2, 0) is 27.2 Å². The maximum Gasteiger partial charge on any atom is 0.329 e. The lowest BCUT2D eigenvalue weighted by molar-refractivity contribution is -0.151. The largest absolute Gasteiger partial charge is 0.454 e. The van der Waals surface area contributed by atoms with Crippen molar-refractivity contribution in [3.8, 4) is 0 Å². The molecule has 0 radical (unpaired) electrons. The lowest BCUT2D eigenvalue weighted by Gasteiger charge is -2.26. The van der Waals surface area contributed by atoms with Gasteiger partial charge < -0.3 is 10.1 Å². The molecule has 2 aromatic carbocycles. The number of ether oxygens (including phenoxy) is 1. The molecule has 0 aromatic heterocycles. The number of para-hydroxylation sites is 1. The van der Waals surface area contributed by atoms with E-state index < -0.39 is 36.3 Å². The van der Waals surface area contributed by atoms with Crippen molar-refractivity contribution < 1.29 is 23.9 Å². The van der Waals surface area contributed by atoms with Gasteiger partial charge in [-0.3, -0.25) is 19.3 Å². The van der Waals surface area contributed by atoms with Crippen molar-refractivity contribution in [2.45, 2.75) is 53.0 Å². The summed E-state index contributed by atoms with van der Waals surface area (Å²) in [7, 11) is 0. The van der Waals surface area contributed by atoms with Crippen LogP contribution in [0.4, 0.5) is 5.69 Å². The summed E-state index contributed by atoms with van der Waals surface area (Å²) >= 11 is 24.6. The van der Waals surface area contributed by atoms with E-state index in [1.54, 1.807) is 0 Å². The van der Waals surface area contributed by atoms with E-state index in [1.807, 2.05) is 45.9 Å². The van der Waals surface area contributed by atoms with Gasteiger partial charge in [0.25, 0.3) is 17.7 Å². The third-order valence-electron chi connectivity index (χ3n) is 6.02. The molecule has 0 unspecified atom stereocenters. The quantitative estimate of drug-likeness (QED) is 0.154. The fourth-order valence-corrected chi connectivity index (χ4v) is 5.23. The number of hydrogen-bond acceptors (Lipinski definition) is 5. The minimum absolute atomic E-state index is 0.0846. The summed E-state index contributed by atoms with van der Waals surface area (Å²) in [6.45, 7) is 6.97. The van der Waals surface area contributed by atoms with E-state index >= 15 is 0 Å². The van der Waals surface area contributed by atoms with Gasteiger partial charge in [-0.2, -0.15) is 0 Å². The second-order valence-corrected chi connectivity index (χ2v) is 10.5. The van der Waals surface area contributed by atoms with E-state index in [1.165, 1.54) is 0 Å². The zero-order chi connectivity index (χ0) is 27.6. The van der Waals surface area contributed by atoms with Crippen molar-refractivity contribution in [1.82, 2.24) is 4.90 Å². The number of rotatable bonds is 9. The van der Waals surface area contributed by atoms with Crippen molar-refractivity contribution in [1.29, 1.82) is 0 Å². The van der Waals surface area contributed by atoms with E-state index in [0.29, 0.717) is 18.5 Å². The van der Waals surface area contributed by atoms with Gasteiger partial charge in [0.05, 0.1) is 31.2 Å². The first-order chi connectivity index (χ1) is 17.4. The Morgan fingerprint density at radius 2 is 1.38 bits per heavy atom. The number of carbonyl (C=O) groups is 4. The lowest BCUT2D eigenvalue weighted by Crippen LogP contribution is -2.47. The van der Waals surface area contributed by atoms with Crippen molar-refractivity contribution in [2.24, 2.45) is 5.92 Å². The Morgan fingerprint density at radius 3 is 1.81 bits per heavy atom. The second kappa shape index (κ2) is 12.0. The Kier molecular flexibility index (Phi) is 9.51. The molecule has 0 spiro atoms. The molecule has 3 amide bonds. The average Bonchev–Trinajstić information content (AvgIpc) is 3.12. The Balaban J connectivity index is 1.84. The van der Waals surface area contributed by atoms with Gasteiger partial charge in [0.2, 0.25) is 0 Å². The molecule has 1 atom stereocenters. The molecule has 1 aliphatic rings. The minimum atomic E-state index is -1.32. The lowest BCUT2D eigenvalue weighted by atomic mass is 10.0. The van der Waals surface area contributed by atoms with Crippen LogP contribution in [0.1, 0.15) is 66.0 Å². The summed E-state index contributed by atoms with van der Waals surface area (Å²) in [6.07, 6.45) is 1.50. The summed E-state index contributed by atoms with van der Waals surface area (Å²) in [5.74, 6) is -3.26. The summed E-state index contributed by atoms with van der Waals surface area (Å²) in [5, 5.41) is 2.01. The van der Waals surface area contributed by atoms with Crippen molar-refractivity contribution in [3.63, 3.8) is 0 Å². The number of esters is 1. The van der Waals surface area contributed by atoms with Gasteiger partial charge in [0.1, 0.15) is 6.04 Å². The first-order valence-electron chi connectivity index (χ1n) is 11.7. The molecule has 0 bridgehead atoms. The molecular formula is C26H26Cl4N2O5. The summed E-state index contributed by atoms with van der Waals surface area (Å²) in [5.41, 5.74) is 2.13. The second-order valence-electron chi connectivity index (χ2n) is 8.95. The number of benzene rings is 2. The SMILES string of the molecule is CCc1cccc(CC)c1NC(=O)COC(=O)[C@@H](CC(C)C)N1C(=O)c2c(Cl)c(Cl)c(Cl)c(Cl)c2C1=O. The third-order valence-corrected chi connectivity index (χ3v) is 7.82. The minimum Gasteiger partial charge on any atom is -0.454 e. The number of halogens is 4. The maximum atomic E-state index is 13.3. The topological polar surface area (TPSA) is 92.8 Å². The highest BCUT2D eigenvalue weighted by Crippen LogP contribution is 2.45. The molecule has 1 heterocycles. The van der Waals surface area contributed by atoms with Crippen molar-refractivity contribution in [3.05, 3.63) is 60.5 Å². The molecule has 0 saturated heterocycles. The molecule has 0 fully saturated rings. The molecule has 2 aromatic rings. The van der Waals surface area contributed by atoms with Gasteiger partial charge in [0.15, 0.2) is 6.61 Å². The van der Waals surface area contributed by atoms with Gasteiger partial charge in [-0.1, -0.05) is 92.3 Å². The Hall–Kier alpha value is -2.32. The van der Waals surface area contributed by atoms with Crippen LogP contribution in [0.5, 0.6) is 0 Å². The fraction of sp³-hybridized carbons (Fsp3) is 0.385. The number of nitrogens with one attached hydrogen (secondary N) is 1. The molecule has 0 aliphatic carbocycles. The monoisotopic (exact) mass is 586 g/mol. The Morgan fingerprint density at radius 1 is 0.892 bits per heavy atom. The highest BCUT2D eigenvalue weighted by molar-refractivity contribution is 6.55. The van der Waals surface area contributed by atoms with E-state index in [-0.39, 0.29) is 43.6 Å². The number of aryl methyl sites for hydroxylation is 2. The number of imide groups is 1. The number of carbonyl (C=O) groups excluding carboxylic acids is 4. The van der Waals surface area contributed by atoms with Crippen molar-refractivity contribution in [2.75, 3.05) is 11.9 Å². The third kappa shape index (κ3) is 5.75. The zero-order valence-corrected chi connectivity index (χ0v) is 23.7. The van der Waals surface area contributed by atoms with Crippen LogP contribution in [0.3, 0.4) is 0 Å². The van der Waals surface area contributed by atoms with Crippen LogP contribution >= 0.6 is 46.4 Å². The van der Waals surface area contributed by atoms with Crippen LogP contribution in [0.2, 0.25) is 20.1 Å². The van der Waals surface area contributed by atoms with Crippen LogP contribution < -0.4 is 5.32 Å².